The molecule has 1 saturated heterocycles. The van der Waals surface area contributed by atoms with E-state index in [9.17, 15) is 4.39 Å². The molecule has 0 amide bonds. The lowest BCUT2D eigenvalue weighted by molar-refractivity contribution is 0.293. The second-order valence-electron chi connectivity index (χ2n) is 5.18. The van der Waals surface area contributed by atoms with Crippen molar-refractivity contribution in [1.29, 1.82) is 0 Å². The van der Waals surface area contributed by atoms with Crippen LogP contribution in [0.2, 0.25) is 5.02 Å². The number of nitrogens with one attached hydrogen (secondary N) is 1. The summed E-state index contributed by atoms with van der Waals surface area (Å²) in [6, 6.07) is 3.81. The van der Waals surface area contributed by atoms with Crippen LogP contribution >= 0.6 is 11.6 Å². The van der Waals surface area contributed by atoms with Crippen LogP contribution in [-0.2, 0) is 6.54 Å². The van der Waals surface area contributed by atoms with E-state index >= 15 is 0 Å². The predicted molar refractivity (Wildman–Crippen MR) is 73.5 cm³/mol. The topological polar surface area (TPSA) is 15.3 Å². The van der Waals surface area contributed by atoms with Crippen LogP contribution in [0, 0.1) is 12.7 Å². The monoisotopic (exact) mass is 270 g/mol. The highest BCUT2D eigenvalue weighted by molar-refractivity contribution is 6.31. The Labute approximate surface area is 113 Å². The average Bonchev–Trinajstić information content (AvgIpc) is 2.78. The Hall–Kier alpha value is -0.640. The predicted octanol–water partition coefficient (Wildman–Crippen LogP) is 2.97. The molecule has 0 saturated carbocycles. The van der Waals surface area contributed by atoms with E-state index in [1.165, 1.54) is 12.8 Å². The summed E-state index contributed by atoms with van der Waals surface area (Å²) in [7, 11) is 2.05. The highest BCUT2D eigenvalue weighted by atomic mass is 35.5. The molecule has 1 aromatic carbocycles. The van der Waals surface area contributed by atoms with Crippen LogP contribution in [0.15, 0.2) is 12.1 Å². The molecule has 1 unspecified atom stereocenters. The third-order valence-corrected chi connectivity index (χ3v) is 3.81. The van der Waals surface area contributed by atoms with E-state index in [2.05, 4.69) is 10.2 Å². The smallest absolute Gasteiger partial charge is 0.126 e. The molecule has 1 atom stereocenters. The Morgan fingerprint density at radius 3 is 2.94 bits per heavy atom. The van der Waals surface area contributed by atoms with E-state index in [4.69, 9.17) is 11.6 Å². The minimum absolute atomic E-state index is 0.179. The summed E-state index contributed by atoms with van der Waals surface area (Å²) >= 11 is 6.15. The summed E-state index contributed by atoms with van der Waals surface area (Å²) in [5.74, 6) is -0.179. The molecule has 0 bridgehead atoms. The molecule has 1 aliphatic rings. The zero-order valence-electron chi connectivity index (χ0n) is 11.0. The molecule has 2 rings (SSSR count). The number of likely N-dealkylation sites (N-methyl/N-ethyl adjacent to an activating group) is 1. The minimum Gasteiger partial charge on any atom is -0.313 e. The van der Waals surface area contributed by atoms with Crippen molar-refractivity contribution in [1.82, 2.24) is 10.2 Å². The van der Waals surface area contributed by atoms with Crippen LogP contribution in [-0.4, -0.2) is 31.1 Å². The van der Waals surface area contributed by atoms with Crippen LogP contribution in [0.4, 0.5) is 4.39 Å². The van der Waals surface area contributed by atoms with E-state index in [1.54, 1.807) is 19.1 Å². The zero-order valence-corrected chi connectivity index (χ0v) is 11.7. The number of aryl methyl sites for hydroxylation is 1. The van der Waals surface area contributed by atoms with Gasteiger partial charge in [0.25, 0.3) is 0 Å². The van der Waals surface area contributed by atoms with Crippen molar-refractivity contribution in [2.24, 2.45) is 0 Å². The van der Waals surface area contributed by atoms with Gasteiger partial charge < -0.3 is 10.2 Å². The molecule has 4 heteroatoms. The van der Waals surface area contributed by atoms with Crippen molar-refractivity contribution in [3.63, 3.8) is 0 Å². The molecular formula is C14H20ClFN2. The lowest BCUT2D eigenvalue weighted by Gasteiger charge is -2.21. The van der Waals surface area contributed by atoms with Gasteiger partial charge in [-0.15, -0.1) is 0 Å². The van der Waals surface area contributed by atoms with Crippen molar-refractivity contribution in [3.8, 4) is 0 Å². The van der Waals surface area contributed by atoms with Gasteiger partial charge in [-0.1, -0.05) is 11.6 Å². The van der Waals surface area contributed by atoms with Gasteiger partial charge in [-0.05, 0) is 56.6 Å². The third kappa shape index (κ3) is 3.44. The van der Waals surface area contributed by atoms with Gasteiger partial charge in [-0.2, -0.15) is 0 Å². The van der Waals surface area contributed by atoms with Gasteiger partial charge in [0.2, 0.25) is 0 Å². The molecule has 18 heavy (non-hydrogen) atoms. The van der Waals surface area contributed by atoms with Crippen molar-refractivity contribution in [3.05, 3.63) is 34.1 Å². The fourth-order valence-corrected chi connectivity index (χ4v) is 2.73. The molecule has 0 radical (unpaired) electrons. The molecule has 0 aliphatic carbocycles. The third-order valence-electron chi connectivity index (χ3n) is 3.46. The summed E-state index contributed by atoms with van der Waals surface area (Å²) in [6.45, 7) is 4.51. The Kier molecular flexibility index (Phi) is 4.60. The molecule has 1 aromatic rings. The van der Waals surface area contributed by atoms with Crippen molar-refractivity contribution < 1.29 is 4.39 Å². The van der Waals surface area contributed by atoms with E-state index in [1.807, 2.05) is 7.05 Å². The van der Waals surface area contributed by atoms with Gasteiger partial charge in [-0.25, -0.2) is 4.39 Å². The standard InChI is InChI=1S/C14H20ClFN2/c1-10-6-13(15)11(7-14(10)16)8-18(2)9-12-4-3-5-17-12/h6-7,12,17H,3-5,8-9H2,1-2H3. The molecule has 100 valence electrons. The first-order valence-corrected chi connectivity index (χ1v) is 6.80. The van der Waals surface area contributed by atoms with Crippen molar-refractivity contribution in [2.75, 3.05) is 20.1 Å². The first-order valence-electron chi connectivity index (χ1n) is 6.42. The van der Waals surface area contributed by atoms with E-state index in [0.717, 1.165) is 18.7 Å². The zero-order chi connectivity index (χ0) is 13.1. The summed E-state index contributed by atoms with van der Waals surface area (Å²) in [5.41, 5.74) is 1.46. The molecule has 2 nitrogen and oxygen atoms in total. The fraction of sp³-hybridized carbons (Fsp3) is 0.571. The maximum absolute atomic E-state index is 13.5. The number of rotatable bonds is 4. The summed E-state index contributed by atoms with van der Waals surface area (Å²) in [5, 5.41) is 4.11. The Morgan fingerprint density at radius 2 is 2.28 bits per heavy atom. The highest BCUT2D eigenvalue weighted by Gasteiger charge is 2.16. The summed E-state index contributed by atoms with van der Waals surface area (Å²) < 4.78 is 13.5. The SMILES string of the molecule is Cc1cc(Cl)c(CN(C)CC2CCCN2)cc1F. The lowest BCUT2D eigenvalue weighted by atomic mass is 10.1. The molecular weight excluding hydrogens is 251 g/mol. The summed E-state index contributed by atoms with van der Waals surface area (Å²) in [6.07, 6.45) is 2.47. The van der Waals surface area contributed by atoms with E-state index in [0.29, 0.717) is 23.2 Å². The number of hydrogen-bond donors (Lipinski definition) is 1. The average molecular weight is 271 g/mol. The molecule has 0 spiro atoms. The Balaban J connectivity index is 1.97. The Bertz CT molecular complexity index is 417. The van der Waals surface area contributed by atoms with Crippen molar-refractivity contribution >= 4 is 11.6 Å². The van der Waals surface area contributed by atoms with Gasteiger partial charge in [0.15, 0.2) is 0 Å². The number of halogens is 2. The number of nitrogens with zero attached hydrogens (tertiary/aromatic N) is 1. The minimum atomic E-state index is -0.179. The Morgan fingerprint density at radius 1 is 1.50 bits per heavy atom. The van der Waals surface area contributed by atoms with Gasteiger partial charge in [0, 0.05) is 24.2 Å². The van der Waals surface area contributed by atoms with Gasteiger partial charge >= 0.3 is 0 Å². The number of benzene rings is 1. The van der Waals surface area contributed by atoms with Crippen LogP contribution in [0.5, 0.6) is 0 Å². The maximum atomic E-state index is 13.5. The van der Waals surface area contributed by atoms with Crippen LogP contribution in [0.1, 0.15) is 24.0 Å². The molecule has 0 aromatic heterocycles. The van der Waals surface area contributed by atoms with Crippen LogP contribution < -0.4 is 5.32 Å². The molecule has 1 N–H and O–H groups in total. The quantitative estimate of drug-likeness (QED) is 0.905. The van der Waals surface area contributed by atoms with Crippen LogP contribution in [0.25, 0.3) is 0 Å². The first kappa shape index (κ1) is 13.8. The maximum Gasteiger partial charge on any atom is 0.126 e. The van der Waals surface area contributed by atoms with Gasteiger partial charge in [0.05, 0.1) is 0 Å². The van der Waals surface area contributed by atoms with Crippen molar-refractivity contribution in [2.45, 2.75) is 32.4 Å². The van der Waals surface area contributed by atoms with E-state index < -0.39 is 0 Å². The normalized spacial score (nSPS) is 19.7. The summed E-state index contributed by atoms with van der Waals surface area (Å²) in [4.78, 5) is 2.19. The second kappa shape index (κ2) is 6.00. The number of hydrogen-bond acceptors (Lipinski definition) is 2. The highest BCUT2D eigenvalue weighted by Crippen LogP contribution is 2.22. The van der Waals surface area contributed by atoms with Gasteiger partial charge in [0.1, 0.15) is 5.82 Å². The molecule has 1 fully saturated rings. The van der Waals surface area contributed by atoms with E-state index in [-0.39, 0.29) is 5.82 Å². The van der Waals surface area contributed by atoms with Crippen LogP contribution in [0.3, 0.4) is 0 Å². The largest absolute Gasteiger partial charge is 0.313 e. The second-order valence-corrected chi connectivity index (χ2v) is 5.59. The molecule has 1 heterocycles. The fourth-order valence-electron chi connectivity index (χ4n) is 2.45. The molecule has 1 aliphatic heterocycles. The lowest BCUT2D eigenvalue weighted by Crippen LogP contribution is -2.35. The first-order chi connectivity index (χ1) is 8.56. The van der Waals surface area contributed by atoms with Gasteiger partial charge in [-0.3, -0.25) is 0 Å².